The van der Waals surface area contributed by atoms with Crippen molar-refractivity contribution in [2.75, 3.05) is 26.3 Å². The van der Waals surface area contributed by atoms with Gasteiger partial charge in [0.15, 0.2) is 0 Å². The molecule has 0 saturated carbocycles. The van der Waals surface area contributed by atoms with Gasteiger partial charge in [-0.15, -0.1) is 0 Å². The van der Waals surface area contributed by atoms with Gasteiger partial charge in [0.25, 0.3) is 0 Å². The number of unbranched alkanes of at least 4 members (excludes halogenated alkanes) is 12. The van der Waals surface area contributed by atoms with Crippen LogP contribution in [0, 0.1) is 35.5 Å². The number of carbonyl (C=O) groups is 2. The van der Waals surface area contributed by atoms with Gasteiger partial charge in [0, 0.05) is 18.4 Å². The highest BCUT2D eigenvalue weighted by Gasteiger charge is 2.32. The lowest BCUT2D eigenvalue weighted by molar-refractivity contribution is -0.146. The summed E-state index contributed by atoms with van der Waals surface area (Å²) in [7, 11) is 0. The molecule has 1 fully saturated rings. The fourth-order valence-corrected chi connectivity index (χ4v) is 7.87. The second-order valence-electron chi connectivity index (χ2n) is 18.5. The van der Waals surface area contributed by atoms with E-state index in [0.717, 1.165) is 38.5 Å². The molecule has 1 aliphatic heterocycles. The van der Waals surface area contributed by atoms with E-state index in [0.29, 0.717) is 67.1 Å². The number of ether oxygens (including phenoxy) is 2. The molecule has 5 heteroatoms. The van der Waals surface area contributed by atoms with Gasteiger partial charge in [-0.3, -0.25) is 14.5 Å². The van der Waals surface area contributed by atoms with E-state index in [4.69, 9.17) is 9.47 Å². The van der Waals surface area contributed by atoms with Crippen LogP contribution in [-0.2, 0) is 19.1 Å². The lowest BCUT2D eigenvalue weighted by atomic mass is 9.86. The van der Waals surface area contributed by atoms with Gasteiger partial charge in [-0.25, -0.2) is 0 Å². The molecule has 0 aliphatic carbocycles. The fourth-order valence-electron chi connectivity index (χ4n) is 7.87. The van der Waals surface area contributed by atoms with Crippen molar-refractivity contribution in [3.8, 4) is 0 Å². The maximum Gasteiger partial charge on any atom is 0.305 e. The number of nitrogens with zero attached hydrogens (tertiary/aromatic N) is 1. The van der Waals surface area contributed by atoms with Crippen LogP contribution in [0.25, 0.3) is 0 Å². The molecule has 1 saturated heterocycles. The Hall–Kier alpha value is -1.10. The van der Waals surface area contributed by atoms with E-state index in [1.807, 2.05) is 0 Å². The van der Waals surface area contributed by atoms with Gasteiger partial charge in [0.1, 0.15) is 0 Å². The van der Waals surface area contributed by atoms with Crippen molar-refractivity contribution < 1.29 is 19.1 Å². The van der Waals surface area contributed by atoms with Gasteiger partial charge in [-0.1, -0.05) is 145 Å². The molecule has 2 unspecified atom stereocenters. The average Bonchev–Trinajstić information content (AvgIpc) is 3.62. The Morgan fingerprint density at radius 2 is 0.843 bits per heavy atom. The summed E-state index contributed by atoms with van der Waals surface area (Å²) in [6, 6.07) is 0. The first-order valence-electron chi connectivity index (χ1n) is 22.4. The van der Waals surface area contributed by atoms with E-state index in [1.54, 1.807) is 0 Å². The van der Waals surface area contributed by atoms with Crippen molar-refractivity contribution in [1.82, 2.24) is 4.90 Å². The molecule has 1 heterocycles. The topological polar surface area (TPSA) is 55.8 Å². The van der Waals surface area contributed by atoms with E-state index in [9.17, 15) is 9.59 Å². The van der Waals surface area contributed by atoms with Crippen LogP contribution in [0.1, 0.15) is 216 Å². The highest BCUT2D eigenvalue weighted by atomic mass is 16.5. The lowest BCUT2D eigenvalue weighted by Gasteiger charge is -2.39. The van der Waals surface area contributed by atoms with Crippen molar-refractivity contribution in [1.29, 1.82) is 0 Å². The van der Waals surface area contributed by atoms with Crippen molar-refractivity contribution in [2.24, 2.45) is 35.5 Å². The molecule has 0 N–H and O–H groups in total. The van der Waals surface area contributed by atoms with Gasteiger partial charge >= 0.3 is 11.9 Å². The molecule has 51 heavy (non-hydrogen) atoms. The van der Waals surface area contributed by atoms with Crippen LogP contribution in [0.5, 0.6) is 0 Å². The zero-order chi connectivity index (χ0) is 37.9. The van der Waals surface area contributed by atoms with Crippen LogP contribution in [0.15, 0.2) is 0 Å². The van der Waals surface area contributed by atoms with Gasteiger partial charge in [-0.05, 0) is 107 Å². The molecule has 0 spiro atoms. The second-order valence-corrected chi connectivity index (χ2v) is 18.5. The zero-order valence-electron chi connectivity index (χ0n) is 35.8. The van der Waals surface area contributed by atoms with E-state index in [-0.39, 0.29) is 11.9 Å². The van der Waals surface area contributed by atoms with Crippen LogP contribution in [0.2, 0.25) is 0 Å². The van der Waals surface area contributed by atoms with Gasteiger partial charge in [0.2, 0.25) is 0 Å². The second kappa shape index (κ2) is 29.3. The van der Waals surface area contributed by atoms with Crippen molar-refractivity contribution in [3.63, 3.8) is 0 Å². The molecule has 0 aromatic carbocycles. The first-order valence-corrected chi connectivity index (χ1v) is 22.4. The van der Waals surface area contributed by atoms with Crippen LogP contribution in [0.4, 0.5) is 0 Å². The van der Waals surface area contributed by atoms with Crippen LogP contribution >= 0.6 is 0 Å². The van der Waals surface area contributed by atoms with Crippen LogP contribution < -0.4 is 0 Å². The molecule has 0 amide bonds. The molecule has 302 valence electrons. The standard InChI is InChI=1S/C46H89NO4/c1-38(2)28-30-42(40(5)6)36-50-44(48)26-20-16-12-10-14-18-22-32-46(9,47-34-24-25-35-47)33-23-19-15-11-13-17-21-27-45(49)51-37-43(41(7)8)31-29-39(3)4/h38-43H,10-37H2,1-9H3. The Balaban J connectivity index is 2.14. The van der Waals surface area contributed by atoms with Crippen LogP contribution in [0.3, 0.4) is 0 Å². The molecular weight excluding hydrogens is 631 g/mol. The molecule has 0 aromatic rings. The number of likely N-dealkylation sites (tertiary alicyclic amines) is 1. The highest BCUT2D eigenvalue weighted by molar-refractivity contribution is 5.69. The summed E-state index contributed by atoms with van der Waals surface area (Å²) in [6.07, 6.45) is 28.6. The first kappa shape index (κ1) is 47.9. The fraction of sp³-hybridized carbons (Fsp3) is 0.957. The number of hydrogen-bond acceptors (Lipinski definition) is 5. The minimum atomic E-state index is 0.00307. The Morgan fingerprint density at radius 3 is 1.18 bits per heavy atom. The third kappa shape index (κ3) is 24.8. The summed E-state index contributed by atoms with van der Waals surface area (Å²) >= 11 is 0. The Bertz CT molecular complexity index is 788. The van der Waals surface area contributed by atoms with Crippen molar-refractivity contribution in [3.05, 3.63) is 0 Å². The van der Waals surface area contributed by atoms with Gasteiger partial charge < -0.3 is 9.47 Å². The summed E-state index contributed by atoms with van der Waals surface area (Å²) < 4.78 is 11.3. The van der Waals surface area contributed by atoms with Gasteiger partial charge in [-0.2, -0.15) is 0 Å². The summed E-state index contributed by atoms with van der Waals surface area (Å²) in [5, 5.41) is 0. The molecule has 0 aromatic heterocycles. The molecular formula is C46H89NO4. The summed E-state index contributed by atoms with van der Waals surface area (Å²) in [4.78, 5) is 27.4. The minimum absolute atomic E-state index is 0.00307. The van der Waals surface area contributed by atoms with Gasteiger partial charge in [0.05, 0.1) is 13.2 Å². The quantitative estimate of drug-likeness (QED) is 0.0499. The van der Waals surface area contributed by atoms with Crippen molar-refractivity contribution >= 4 is 11.9 Å². The smallest absolute Gasteiger partial charge is 0.305 e. The highest BCUT2D eigenvalue weighted by Crippen LogP contribution is 2.32. The zero-order valence-corrected chi connectivity index (χ0v) is 35.8. The normalized spacial score (nSPS) is 16.3. The third-order valence-corrected chi connectivity index (χ3v) is 12.1. The summed E-state index contributed by atoms with van der Waals surface area (Å²) in [5.41, 5.74) is 0.365. The molecule has 1 aliphatic rings. The maximum absolute atomic E-state index is 12.3. The largest absolute Gasteiger partial charge is 0.465 e. The molecule has 0 radical (unpaired) electrons. The Kier molecular flexibility index (Phi) is 27.5. The monoisotopic (exact) mass is 720 g/mol. The van der Waals surface area contributed by atoms with Crippen molar-refractivity contribution in [2.45, 2.75) is 222 Å². The predicted octanol–water partition coefficient (Wildman–Crippen LogP) is 13.4. The summed E-state index contributed by atoms with van der Waals surface area (Å²) in [5.74, 6) is 3.52. The SMILES string of the molecule is CC(C)CCC(COC(=O)CCCCCCCCCC(C)(CCCCCCCCCC(=O)OCC(CCC(C)C)C(C)C)N1CCCC1)C(C)C. The van der Waals surface area contributed by atoms with E-state index >= 15 is 0 Å². The van der Waals surface area contributed by atoms with E-state index in [1.165, 1.54) is 116 Å². The Morgan fingerprint density at radius 1 is 0.510 bits per heavy atom. The predicted molar refractivity (Wildman–Crippen MR) is 219 cm³/mol. The molecule has 2 atom stereocenters. The molecule has 0 bridgehead atoms. The lowest BCUT2D eigenvalue weighted by Crippen LogP contribution is -2.44. The third-order valence-electron chi connectivity index (χ3n) is 12.1. The number of esters is 2. The van der Waals surface area contributed by atoms with E-state index < -0.39 is 0 Å². The number of hydrogen-bond donors (Lipinski definition) is 0. The minimum Gasteiger partial charge on any atom is -0.465 e. The molecule has 1 rings (SSSR count). The average molecular weight is 720 g/mol. The van der Waals surface area contributed by atoms with E-state index in [2.05, 4.69) is 67.2 Å². The number of carbonyl (C=O) groups excluding carboxylic acids is 2. The van der Waals surface area contributed by atoms with Crippen LogP contribution in [-0.4, -0.2) is 48.7 Å². The molecule has 5 nitrogen and oxygen atoms in total. The summed E-state index contributed by atoms with van der Waals surface area (Å²) in [6.45, 7) is 24.4. The first-order chi connectivity index (χ1) is 24.3. The Labute approximate surface area is 318 Å². The maximum atomic E-state index is 12.3. The number of rotatable bonds is 33.